The van der Waals surface area contributed by atoms with Gasteiger partial charge < -0.3 is 40.1 Å². The number of aliphatic hydroxyl groups is 6. The molecule has 22 heavy (non-hydrogen) atoms. The Morgan fingerprint density at radius 1 is 0.909 bits per heavy atom. The van der Waals surface area contributed by atoms with Crippen molar-refractivity contribution >= 4 is 8.25 Å². The lowest BCUT2D eigenvalue weighted by Gasteiger charge is -2.22. The Hall–Kier alpha value is -0.300. The smallest absolute Gasteiger partial charge is 0.394 e. The zero-order valence-electron chi connectivity index (χ0n) is 11.6. The molecule has 11 nitrogen and oxygen atoms in total. The van der Waals surface area contributed by atoms with Crippen molar-refractivity contribution in [3.8, 4) is 0 Å². The van der Waals surface area contributed by atoms with Gasteiger partial charge in [0.15, 0.2) is 0 Å². The summed E-state index contributed by atoms with van der Waals surface area (Å²) in [5.41, 5.74) is 0. The molecule has 0 radical (unpaired) electrons. The highest BCUT2D eigenvalue weighted by Crippen LogP contribution is 2.15. The summed E-state index contributed by atoms with van der Waals surface area (Å²) in [7, 11) is -2.93. The summed E-state index contributed by atoms with van der Waals surface area (Å²) in [6, 6.07) is 0. The zero-order chi connectivity index (χ0) is 17.1. The maximum atomic E-state index is 10.2. The van der Waals surface area contributed by atoms with Crippen LogP contribution >= 0.6 is 8.25 Å². The van der Waals surface area contributed by atoms with Gasteiger partial charge >= 0.3 is 8.25 Å². The Morgan fingerprint density at radius 2 is 1.50 bits per heavy atom. The normalized spacial score (nSPS) is 19.3. The van der Waals surface area contributed by atoms with Crippen LogP contribution in [0.4, 0.5) is 0 Å². The molecule has 0 saturated heterocycles. The van der Waals surface area contributed by atoms with E-state index in [1.54, 1.807) is 0 Å². The highest BCUT2D eigenvalue weighted by Gasteiger charge is 2.28. The second-order valence-corrected chi connectivity index (χ2v) is 5.02. The molecule has 0 aromatic carbocycles. The lowest BCUT2D eigenvalue weighted by atomic mass is 10.1. The van der Waals surface area contributed by atoms with Gasteiger partial charge in [-0.1, -0.05) is 0 Å². The molecule has 0 amide bonds. The van der Waals surface area contributed by atoms with Gasteiger partial charge in [0, 0.05) is 4.57 Å². The minimum atomic E-state index is -2.93. The van der Waals surface area contributed by atoms with Crippen LogP contribution < -0.4 is 0 Å². The molecule has 0 spiro atoms. The molecule has 12 heteroatoms. The molecule has 6 atom stereocenters. The van der Waals surface area contributed by atoms with Crippen molar-refractivity contribution in [2.24, 2.45) is 0 Å². The average molecular weight is 349 g/mol. The van der Waals surface area contributed by atoms with Crippen LogP contribution in [0.5, 0.6) is 0 Å². The first-order valence-electron chi connectivity index (χ1n) is 6.25. The third-order valence-corrected chi connectivity index (χ3v) is 2.96. The Morgan fingerprint density at radius 3 is 2.00 bits per heavy atom. The number of hydrogen-bond acceptors (Lipinski definition) is 10. The third kappa shape index (κ3) is 8.98. The molecule has 0 aromatic heterocycles. The van der Waals surface area contributed by atoms with Gasteiger partial charge in [-0.2, -0.15) is 0 Å². The van der Waals surface area contributed by atoms with Crippen LogP contribution in [0.3, 0.4) is 0 Å². The minimum absolute atomic E-state index is 0.457. The number of hydrogen-bond donors (Lipinski definition) is 7. The van der Waals surface area contributed by atoms with E-state index in [0.717, 1.165) is 0 Å². The van der Waals surface area contributed by atoms with E-state index in [0.29, 0.717) is 0 Å². The first-order valence-corrected chi connectivity index (χ1v) is 7.38. The van der Waals surface area contributed by atoms with E-state index >= 15 is 0 Å². The van der Waals surface area contributed by atoms with Crippen molar-refractivity contribution in [1.82, 2.24) is 0 Å². The van der Waals surface area contributed by atoms with E-state index in [9.17, 15) is 25.0 Å². The summed E-state index contributed by atoms with van der Waals surface area (Å²) in [6.07, 6.45) is -7.21. The van der Waals surface area contributed by atoms with Gasteiger partial charge in [-0.15, -0.1) is 9.42 Å². The van der Waals surface area contributed by atoms with Gasteiger partial charge in [-0.05, 0) is 0 Å². The molecule has 0 aliphatic heterocycles. The lowest BCUT2D eigenvalue weighted by Crippen LogP contribution is -2.42. The van der Waals surface area contributed by atoms with Gasteiger partial charge in [0.05, 0.1) is 19.8 Å². The summed E-state index contributed by atoms with van der Waals surface area (Å²) in [6.45, 7) is -2.76. The summed E-state index contributed by atoms with van der Waals surface area (Å²) < 4.78 is 24.1. The first kappa shape index (κ1) is 21.7. The maximum absolute atomic E-state index is 10.2. The van der Waals surface area contributed by atoms with Gasteiger partial charge in [0.25, 0.3) is 0 Å². The molecular weight excluding hydrogens is 327 g/mol. The topological polar surface area (TPSA) is 186 Å². The van der Waals surface area contributed by atoms with Crippen LogP contribution in [0, 0.1) is 0 Å². The Kier molecular flexibility index (Phi) is 12.0. The van der Waals surface area contributed by atoms with Crippen molar-refractivity contribution in [2.75, 3.05) is 33.2 Å². The largest absolute Gasteiger partial charge is 0.694 e. The quantitative estimate of drug-likeness (QED) is 0.0990. The SMILES string of the molecule is O=[P+](O)OCC(O)C(O)C(O)COCO[C@H](CO)C(O)CO. The summed E-state index contributed by atoms with van der Waals surface area (Å²) in [4.78, 5) is 8.37. The fraction of sp³-hybridized carbons (Fsp3) is 1.00. The fourth-order valence-electron chi connectivity index (χ4n) is 1.30. The van der Waals surface area contributed by atoms with Crippen molar-refractivity contribution < 1.29 is 54.1 Å². The predicted octanol–water partition coefficient (Wildman–Crippen LogP) is -3.56. The number of rotatable bonds is 13. The average Bonchev–Trinajstić information content (AvgIpc) is 2.50. The first-order chi connectivity index (χ1) is 10.3. The fourth-order valence-corrected chi connectivity index (χ4v) is 1.58. The summed E-state index contributed by atoms with van der Waals surface area (Å²) in [5, 5.41) is 55.1. The van der Waals surface area contributed by atoms with Crippen LogP contribution in [0.25, 0.3) is 0 Å². The number of aliphatic hydroxyl groups excluding tert-OH is 6. The minimum Gasteiger partial charge on any atom is -0.394 e. The highest BCUT2D eigenvalue weighted by atomic mass is 31.1. The third-order valence-electron chi connectivity index (χ3n) is 2.59. The monoisotopic (exact) mass is 349 g/mol. The van der Waals surface area contributed by atoms with Crippen molar-refractivity contribution in [1.29, 1.82) is 0 Å². The van der Waals surface area contributed by atoms with E-state index in [-0.39, 0.29) is 0 Å². The molecule has 0 saturated carbocycles. The van der Waals surface area contributed by atoms with E-state index in [4.69, 9.17) is 24.6 Å². The lowest BCUT2D eigenvalue weighted by molar-refractivity contribution is -0.165. The molecule has 5 unspecified atom stereocenters. The van der Waals surface area contributed by atoms with Crippen LogP contribution in [0.1, 0.15) is 0 Å². The Balaban J connectivity index is 3.96. The van der Waals surface area contributed by atoms with E-state index in [2.05, 4.69) is 4.52 Å². The summed E-state index contributed by atoms with van der Waals surface area (Å²) in [5.74, 6) is 0. The second kappa shape index (κ2) is 12.2. The molecule has 0 fully saturated rings. The molecule has 0 heterocycles. The molecule has 0 aliphatic rings. The summed E-state index contributed by atoms with van der Waals surface area (Å²) >= 11 is 0. The highest BCUT2D eigenvalue weighted by molar-refractivity contribution is 7.32. The van der Waals surface area contributed by atoms with Crippen molar-refractivity contribution in [3.63, 3.8) is 0 Å². The molecule has 7 N–H and O–H groups in total. The standard InChI is InChI=1S/C10H21O11P/c11-1-6(13)9(2-12)20-5-19-3-7(14)10(16)8(15)4-21-22(17)18/h6-16H,1-5H2/p+1/t6?,7?,8?,9-,10?/m1/s1. The van der Waals surface area contributed by atoms with Gasteiger partial charge in [-0.3, -0.25) is 0 Å². The van der Waals surface area contributed by atoms with Gasteiger partial charge in [0.2, 0.25) is 0 Å². The van der Waals surface area contributed by atoms with Crippen LogP contribution in [-0.4, -0.2) is 99.3 Å². The van der Waals surface area contributed by atoms with Crippen LogP contribution in [-0.2, 0) is 18.6 Å². The van der Waals surface area contributed by atoms with Crippen molar-refractivity contribution in [2.45, 2.75) is 30.5 Å². The van der Waals surface area contributed by atoms with Gasteiger partial charge in [0.1, 0.15) is 43.9 Å². The van der Waals surface area contributed by atoms with Crippen molar-refractivity contribution in [3.05, 3.63) is 0 Å². The zero-order valence-corrected chi connectivity index (χ0v) is 12.5. The van der Waals surface area contributed by atoms with E-state index in [1.165, 1.54) is 0 Å². The Bertz CT molecular complexity index is 305. The molecular formula is C10H22O11P+. The van der Waals surface area contributed by atoms with Crippen LogP contribution in [0.15, 0.2) is 0 Å². The second-order valence-electron chi connectivity index (χ2n) is 4.29. The predicted molar refractivity (Wildman–Crippen MR) is 69.7 cm³/mol. The molecule has 132 valence electrons. The molecule has 0 rings (SSSR count). The molecule has 0 aromatic rings. The van der Waals surface area contributed by atoms with Gasteiger partial charge in [-0.25, -0.2) is 0 Å². The molecule has 0 aliphatic carbocycles. The number of ether oxygens (including phenoxy) is 2. The van der Waals surface area contributed by atoms with E-state index < -0.39 is 72.0 Å². The Labute approximate surface area is 127 Å². The van der Waals surface area contributed by atoms with E-state index in [1.807, 2.05) is 0 Å². The van der Waals surface area contributed by atoms with Crippen LogP contribution in [0.2, 0.25) is 0 Å². The molecule has 0 bridgehead atoms. The maximum Gasteiger partial charge on any atom is 0.694 e.